The van der Waals surface area contributed by atoms with Gasteiger partial charge in [0.1, 0.15) is 0 Å². The van der Waals surface area contributed by atoms with Crippen LogP contribution in [-0.2, 0) is 4.74 Å². The second-order valence-corrected chi connectivity index (χ2v) is 4.77. The highest BCUT2D eigenvalue weighted by Gasteiger charge is 2.41. The molecule has 15 heavy (non-hydrogen) atoms. The van der Waals surface area contributed by atoms with E-state index in [1.165, 1.54) is 11.4 Å². The first-order valence-corrected chi connectivity index (χ1v) is 5.45. The lowest BCUT2D eigenvalue weighted by Crippen LogP contribution is -2.40. The normalized spacial score (nSPS) is 33.3. The molecule has 1 fully saturated rings. The molecule has 2 atom stereocenters. The number of anilines is 2. The van der Waals surface area contributed by atoms with Crippen LogP contribution in [0.25, 0.3) is 0 Å². The van der Waals surface area contributed by atoms with Gasteiger partial charge in [-0.15, -0.1) is 0 Å². The van der Waals surface area contributed by atoms with Gasteiger partial charge < -0.3 is 15.4 Å². The number of fused-ring (bicyclic) bond motifs is 2. The predicted molar refractivity (Wildman–Crippen MR) is 61.3 cm³/mol. The average Bonchev–Trinajstić information content (AvgIpc) is 2.54. The van der Waals surface area contributed by atoms with Gasteiger partial charge in [-0.3, -0.25) is 0 Å². The Labute approximate surface area is 89.8 Å². The van der Waals surface area contributed by atoms with Crippen LogP contribution < -0.4 is 10.6 Å². The zero-order chi connectivity index (χ0) is 10.3. The van der Waals surface area contributed by atoms with E-state index in [-0.39, 0.29) is 5.41 Å². The fourth-order valence-corrected chi connectivity index (χ4v) is 2.35. The maximum Gasteiger partial charge on any atom is 0.0675 e. The molecule has 80 valence electrons. The lowest BCUT2D eigenvalue weighted by molar-refractivity contribution is 0.164. The summed E-state index contributed by atoms with van der Waals surface area (Å²) in [5.74, 6) is 0. The van der Waals surface area contributed by atoms with Crippen LogP contribution in [0.3, 0.4) is 0 Å². The molecule has 0 aromatic heterocycles. The van der Waals surface area contributed by atoms with Crippen LogP contribution in [0.15, 0.2) is 24.3 Å². The number of benzene rings is 1. The molecule has 0 aliphatic carbocycles. The lowest BCUT2D eigenvalue weighted by atomic mass is 9.85. The molecule has 3 rings (SSSR count). The number of nitrogens with one attached hydrogen (secondary N) is 2. The first-order valence-electron chi connectivity index (χ1n) is 5.45. The third-order valence-electron chi connectivity index (χ3n) is 3.50. The SMILES string of the molecule is CC12CNc3ccccc3NC1COC2. The molecule has 2 aliphatic heterocycles. The van der Waals surface area contributed by atoms with Gasteiger partial charge in [0.05, 0.1) is 30.6 Å². The first-order chi connectivity index (χ1) is 7.28. The number of ether oxygens (including phenoxy) is 1. The Morgan fingerprint density at radius 3 is 3.00 bits per heavy atom. The van der Waals surface area contributed by atoms with E-state index in [1.54, 1.807) is 0 Å². The van der Waals surface area contributed by atoms with Crippen molar-refractivity contribution in [2.45, 2.75) is 13.0 Å². The second kappa shape index (κ2) is 3.14. The molecule has 1 aromatic carbocycles. The van der Waals surface area contributed by atoms with Crippen molar-refractivity contribution in [1.29, 1.82) is 0 Å². The third-order valence-corrected chi connectivity index (χ3v) is 3.50. The predicted octanol–water partition coefficient (Wildman–Crippen LogP) is 1.93. The van der Waals surface area contributed by atoms with Crippen LogP contribution in [0, 0.1) is 5.41 Å². The average molecular weight is 204 g/mol. The van der Waals surface area contributed by atoms with Gasteiger partial charge in [0.15, 0.2) is 0 Å². The van der Waals surface area contributed by atoms with Crippen molar-refractivity contribution < 1.29 is 4.74 Å². The largest absolute Gasteiger partial charge is 0.383 e. The summed E-state index contributed by atoms with van der Waals surface area (Å²) in [4.78, 5) is 0. The Kier molecular flexibility index (Phi) is 1.89. The molecule has 0 spiro atoms. The maximum absolute atomic E-state index is 5.56. The molecular weight excluding hydrogens is 188 g/mol. The molecule has 3 heteroatoms. The van der Waals surface area contributed by atoms with Gasteiger partial charge in [-0.2, -0.15) is 0 Å². The van der Waals surface area contributed by atoms with Gasteiger partial charge in [-0.05, 0) is 12.1 Å². The molecule has 1 aromatic rings. The van der Waals surface area contributed by atoms with E-state index in [0.717, 1.165) is 19.8 Å². The first kappa shape index (κ1) is 9.04. The molecule has 2 heterocycles. The minimum absolute atomic E-state index is 0.207. The highest BCUT2D eigenvalue weighted by molar-refractivity contribution is 5.70. The summed E-state index contributed by atoms with van der Waals surface area (Å²) < 4.78 is 5.56. The summed E-state index contributed by atoms with van der Waals surface area (Å²) in [7, 11) is 0. The van der Waals surface area contributed by atoms with E-state index in [2.05, 4.69) is 41.8 Å². The van der Waals surface area contributed by atoms with Crippen molar-refractivity contribution in [2.24, 2.45) is 5.41 Å². The maximum atomic E-state index is 5.56. The van der Waals surface area contributed by atoms with Gasteiger partial charge in [0.25, 0.3) is 0 Å². The zero-order valence-corrected chi connectivity index (χ0v) is 8.92. The monoisotopic (exact) mass is 204 g/mol. The Balaban J connectivity index is 1.97. The minimum Gasteiger partial charge on any atom is -0.383 e. The van der Waals surface area contributed by atoms with E-state index in [0.29, 0.717) is 6.04 Å². The Bertz CT molecular complexity index is 380. The van der Waals surface area contributed by atoms with Crippen LogP contribution in [0.5, 0.6) is 0 Å². The molecule has 2 unspecified atom stereocenters. The molecule has 0 amide bonds. The zero-order valence-electron chi connectivity index (χ0n) is 8.92. The van der Waals surface area contributed by atoms with Crippen LogP contribution in [0.1, 0.15) is 6.92 Å². The smallest absolute Gasteiger partial charge is 0.0675 e. The van der Waals surface area contributed by atoms with E-state index < -0.39 is 0 Å². The van der Waals surface area contributed by atoms with Gasteiger partial charge in [-0.1, -0.05) is 19.1 Å². The van der Waals surface area contributed by atoms with Crippen LogP contribution in [0.2, 0.25) is 0 Å². The van der Waals surface area contributed by atoms with Crippen LogP contribution >= 0.6 is 0 Å². The lowest BCUT2D eigenvalue weighted by Gasteiger charge is -2.27. The fourth-order valence-electron chi connectivity index (χ4n) is 2.35. The topological polar surface area (TPSA) is 33.3 Å². The van der Waals surface area contributed by atoms with Crippen LogP contribution in [-0.4, -0.2) is 25.8 Å². The molecule has 1 saturated heterocycles. The molecule has 3 nitrogen and oxygen atoms in total. The van der Waals surface area contributed by atoms with E-state index >= 15 is 0 Å². The molecule has 2 aliphatic rings. The summed E-state index contributed by atoms with van der Waals surface area (Å²) in [6, 6.07) is 8.79. The molecule has 0 radical (unpaired) electrons. The molecule has 0 bridgehead atoms. The summed E-state index contributed by atoms with van der Waals surface area (Å²) in [5, 5.41) is 7.07. The highest BCUT2D eigenvalue weighted by Crippen LogP contribution is 2.36. The van der Waals surface area contributed by atoms with Gasteiger partial charge in [0, 0.05) is 12.0 Å². The number of hydrogen-bond donors (Lipinski definition) is 2. The van der Waals surface area contributed by atoms with Crippen LogP contribution in [0.4, 0.5) is 11.4 Å². The number of hydrogen-bond acceptors (Lipinski definition) is 3. The standard InChI is InChI=1S/C12H16N2O/c1-12-7-13-9-4-2-3-5-10(9)14-11(12)6-15-8-12/h2-5,11,13-14H,6-8H2,1H3. The van der Waals surface area contributed by atoms with Crippen molar-refractivity contribution in [3.05, 3.63) is 24.3 Å². The van der Waals surface area contributed by atoms with Crippen molar-refractivity contribution in [3.63, 3.8) is 0 Å². The number of rotatable bonds is 0. The van der Waals surface area contributed by atoms with E-state index in [1.807, 2.05) is 0 Å². The fraction of sp³-hybridized carbons (Fsp3) is 0.500. The van der Waals surface area contributed by atoms with Gasteiger partial charge in [0.2, 0.25) is 0 Å². The Morgan fingerprint density at radius 1 is 1.33 bits per heavy atom. The van der Waals surface area contributed by atoms with Crippen molar-refractivity contribution in [2.75, 3.05) is 30.4 Å². The summed E-state index contributed by atoms with van der Waals surface area (Å²) in [6.07, 6.45) is 0. The van der Waals surface area contributed by atoms with Gasteiger partial charge in [-0.25, -0.2) is 0 Å². The second-order valence-electron chi connectivity index (χ2n) is 4.77. The minimum atomic E-state index is 0.207. The van der Waals surface area contributed by atoms with Crippen molar-refractivity contribution in [3.8, 4) is 0 Å². The van der Waals surface area contributed by atoms with Crippen molar-refractivity contribution >= 4 is 11.4 Å². The van der Waals surface area contributed by atoms with E-state index in [9.17, 15) is 0 Å². The summed E-state index contributed by atoms with van der Waals surface area (Å²) in [6.45, 7) is 4.90. The molecular formula is C12H16N2O. The Morgan fingerprint density at radius 2 is 2.13 bits per heavy atom. The third kappa shape index (κ3) is 1.38. The summed E-state index contributed by atoms with van der Waals surface area (Å²) in [5.41, 5.74) is 2.60. The molecule has 0 saturated carbocycles. The highest BCUT2D eigenvalue weighted by atomic mass is 16.5. The van der Waals surface area contributed by atoms with E-state index in [4.69, 9.17) is 4.74 Å². The number of para-hydroxylation sites is 2. The molecule has 2 N–H and O–H groups in total. The van der Waals surface area contributed by atoms with Crippen molar-refractivity contribution in [1.82, 2.24) is 0 Å². The summed E-state index contributed by atoms with van der Waals surface area (Å²) >= 11 is 0. The van der Waals surface area contributed by atoms with Gasteiger partial charge >= 0.3 is 0 Å². The Hall–Kier alpha value is -1.22. The quantitative estimate of drug-likeness (QED) is 0.677.